The summed E-state index contributed by atoms with van der Waals surface area (Å²) >= 11 is 0. The Morgan fingerprint density at radius 2 is 2.27 bits per heavy atom. The Morgan fingerprint density at radius 1 is 1.33 bits per heavy atom. The largest absolute Gasteiger partial charge is 0.351 e. The normalized spacial score (nSPS) is 21.3. The van der Waals surface area contributed by atoms with Crippen LogP contribution in [0.1, 0.15) is 24.4 Å². The predicted octanol–water partition coefficient (Wildman–Crippen LogP) is 2.60. The molecule has 78 valence electrons. The van der Waals surface area contributed by atoms with Crippen molar-refractivity contribution in [2.75, 3.05) is 6.54 Å². The Kier molecular flexibility index (Phi) is 2.03. The van der Waals surface area contributed by atoms with Crippen LogP contribution >= 0.6 is 0 Å². The first-order valence-electron chi connectivity index (χ1n) is 5.63. The molecule has 1 aliphatic rings. The van der Waals surface area contributed by atoms with Crippen LogP contribution < -0.4 is 5.32 Å². The van der Waals surface area contributed by atoms with Gasteiger partial charge in [0, 0.05) is 30.2 Å². The lowest BCUT2D eigenvalue weighted by Crippen LogP contribution is -2.12. The lowest BCUT2D eigenvalue weighted by atomic mass is 10.0. The maximum absolute atomic E-state index is 3.57. The zero-order valence-corrected chi connectivity index (χ0v) is 9.03. The molecule has 0 bridgehead atoms. The molecule has 0 amide bonds. The molecule has 15 heavy (non-hydrogen) atoms. The van der Waals surface area contributed by atoms with Crippen molar-refractivity contribution in [3.05, 3.63) is 36.0 Å². The van der Waals surface area contributed by atoms with E-state index < -0.39 is 0 Å². The summed E-state index contributed by atoms with van der Waals surface area (Å²) in [6.07, 6.45) is 4.71. The molecule has 2 heteroatoms. The maximum Gasteiger partial charge on any atom is 0.0481 e. The van der Waals surface area contributed by atoms with Gasteiger partial charge in [0.15, 0.2) is 0 Å². The summed E-state index contributed by atoms with van der Waals surface area (Å²) in [4.78, 5) is 0. The van der Waals surface area contributed by atoms with Crippen molar-refractivity contribution in [2.24, 2.45) is 7.05 Å². The van der Waals surface area contributed by atoms with Gasteiger partial charge in [-0.15, -0.1) is 0 Å². The highest BCUT2D eigenvalue weighted by atomic mass is 14.9. The van der Waals surface area contributed by atoms with Gasteiger partial charge >= 0.3 is 0 Å². The monoisotopic (exact) mass is 200 g/mol. The molecule has 3 rings (SSSR count). The molecule has 0 spiro atoms. The number of hydrogen-bond acceptors (Lipinski definition) is 1. The number of hydrogen-bond donors (Lipinski definition) is 1. The standard InChI is InChI=1S/C13H16N2/c1-15-9-7-11-10(4-2-6-13(11)15)12-5-3-8-14-12/h2,4,6-7,9,12,14H,3,5,8H2,1H3/t12-/m1/s1. The van der Waals surface area contributed by atoms with Gasteiger partial charge in [0.1, 0.15) is 0 Å². The number of rotatable bonds is 1. The average molecular weight is 200 g/mol. The second-order valence-electron chi connectivity index (χ2n) is 4.36. The fourth-order valence-electron chi connectivity index (χ4n) is 2.58. The van der Waals surface area contributed by atoms with Gasteiger partial charge in [-0.05, 0) is 37.1 Å². The summed E-state index contributed by atoms with van der Waals surface area (Å²) in [5, 5.41) is 4.97. The van der Waals surface area contributed by atoms with Crippen molar-refractivity contribution >= 4 is 10.9 Å². The molecule has 1 atom stereocenters. The number of benzene rings is 1. The molecular formula is C13H16N2. The molecule has 1 fully saturated rings. The molecule has 1 aliphatic heterocycles. The third-order valence-corrected chi connectivity index (χ3v) is 3.40. The Labute approximate surface area is 89.9 Å². The van der Waals surface area contributed by atoms with E-state index in [1.807, 2.05) is 0 Å². The van der Waals surface area contributed by atoms with Crippen molar-refractivity contribution in [1.29, 1.82) is 0 Å². The van der Waals surface area contributed by atoms with Gasteiger partial charge in [-0.3, -0.25) is 0 Å². The van der Waals surface area contributed by atoms with Gasteiger partial charge in [-0.2, -0.15) is 0 Å². The van der Waals surface area contributed by atoms with E-state index in [0.29, 0.717) is 6.04 Å². The fourth-order valence-corrected chi connectivity index (χ4v) is 2.58. The van der Waals surface area contributed by atoms with Crippen LogP contribution in [-0.4, -0.2) is 11.1 Å². The minimum Gasteiger partial charge on any atom is -0.351 e. The molecule has 1 saturated heterocycles. The van der Waals surface area contributed by atoms with Gasteiger partial charge in [0.2, 0.25) is 0 Å². The molecule has 1 aromatic heterocycles. The van der Waals surface area contributed by atoms with Gasteiger partial charge in [-0.1, -0.05) is 12.1 Å². The topological polar surface area (TPSA) is 17.0 Å². The molecule has 1 aromatic carbocycles. The van der Waals surface area contributed by atoms with E-state index in [0.717, 1.165) is 6.54 Å². The van der Waals surface area contributed by atoms with Crippen LogP contribution in [0.3, 0.4) is 0 Å². The number of nitrogens with one attached hydrogen (secondary N) is 1. The molecule has 2 heterocycles. The third kappa shape index (κ3) is 1.37. The van der Waals surface area contributed by atoms with E-state index in [2.05, 4.69) is 47.4 Å². The van der Waals surface area contributed by atoms with Crippen molar-refractivity contribution in [3.8, 4) is 0 Å². The summed E-state index contributed by atoms with van der Waals surface area (Å²) in [7, 11) is 2.11. The lowest BCUT2D eigenvalue weighted by molar-refractivity contribution is 0.653. The van der Waals surface area contributed by atoms with E-state index in [1.165, 1.54) is 29.3 Å². The van der Waals surface area contributed by atoms with Crippen LogP contribution in [0, 0.1) is 0 Å². The van der Waals surface area contributed by atoms with Crippen LogP contribution in [0.4, 0.5) is 0 Å². The van der Waals surface area contributed by atoms with Crippen molar-refractivity contribution < 1.29 is 0 Å². The van der Waals surface area contributed by atoms with Crippen LogP contribution in [-0.2, 0) is 7.05 Å². The third-order valence-electron chi connectivity index (χ3n) is 3.40. The number of aromatic nitrogens is 1. The average Bonchev–Trinajstić information content (AvgIpc) is 2.88. The molecule has 0 radical (unpaired) electrons. The predicted molar refractivity (Wildman–Crippen MR) is 62.9 cm³/mol. The smallest absolute Gasteiger partial charge is 0.0481 e. The molecule has 0 saturated carbocycles. The van der Waals surface area contributed by atoms with Crippen LogP contribution in [0.15, 0.2) is 30.5 Å². The highest BCUT2D eigenvalue weighted by Gasteiger charge is 2.18. The Morgan fingerprint density at radius 3 is 3.07 bits per heavy atom. The summed E-state index contributed by atoms with van der Waals surface area (Å²) in [5.41, 5.74) is 2.80. The quantitative estimate of drug-likeness (QED) is 0.748. The molecule has 2 nitrogen and oxygen atoms in total. The van der Waals surface area contributed by atoms with Gasteiger partial charge in [0.25, 0.3) is 0 Å². The van der Waals surface area contributed by atoms with Crippen molar-refractivity contribution in [3.63, 3.8) is 0 Å². The van der Waals surface area contributed by atoms with Crippen molar-refractivity contribution in [1.82, 2.24) is 9.88 Å². The molecular weight excluding hydrogens is 184 g/mol. The van der Waals surface area contributed by atoms with E-state index in [9.17, 15) is 0 Å². The highest BCUT2D eigenvalue weighted by molar-refractivity contribution is 5.84. The van der Waals surface area contributed by atoms with E-state index in [-0.39, 0.29) is 0 Å². The second-order valence-corrected chi connectivity index (χ2v) is 4.36. The molecule has 1 N–H and O–H groups in total. The zero-order valence-electron chi connectivity index (χ0n) is 9.03. The van der Waals surface area contributed by atoms with E-state index in [4.69, 9.17) is 0 Å². The maximum atomic E-state index is 3.57. The lowest BCUT2D eigenvalue weighted by Gasteiger charge is -2.12. The molecule has 2 aromatic rings. The van der Waals surface area contributed by atoms with E-state index in [1.54, 1.807) is 0 Å². The van der Waals surface area contributed by atoms with E-state index >= 15 is 0 Å². The first-order valence-corrected chi connectivity index (χ1v) is 5.63. The zero-order chi connectivity index (χ0) is 10.3. The minimum absolute atomic E-state index is 0.566. The first-order chi connectivity index (χ1) is 7.36. The summed E-state index contributed by atoms with van der Waals surface area (Å²) in [5.74, 6) is 0. The van der Waals surface area contributed by atoms with Crippen LogP contribution in [0.2, 0.25) is 0 Å². The summed E-state index contributed by atoms with van der Waals surface area (Å²) < 4.78 is 2.19. The minimum atomic E-state index is 0.566. The SMILES string of the molecule is Cn1ccc2c([C@H]3CCCN3)cccc21. The van der Waals surface area contributed by atoms with Gasteiger partial charge in [-0.25, -0.2) is 0 Å². The van der Waals surface area contributed by atoms with Crippen LogP contribution in [0.5, 0.6) is 0 Å². The summed E-state index contributed by atoms with van der Waals surface area (Å²) in [6, 6.07) is 9.40. The second kappa shape index (κ2) is 3.38. The first kappa shape index (κ1) is 8.98. The van der Waals surface area contributed by atoms with Gasteiger partial charge < -0.3 is 9.88 Å². The van der Waals surface area contributed by atoms with Crippen molar-refractivity contribution in [2.45, 2.75) is 18.9 Å². The molecule has 0 aliphatic carbocycles. The molecule has 0 unspecified atom stereocenters. The highest BCUT2D eigenvalue weighted by Crippen LogP contribution is 2.29. The Balaban J connectivity index is 2.17. The van der Waals surface area contributed by atoms with Crippen LogP contribution in [0.25, 0.3) is 10.9 Å². The number of fused-ring (bicyclic) bond motifs is 1. The Bertz CT molecular complexity index is 478. The fraction of sp³-hybridized carbons (Fsp3) is 0.385. The summed E-state index contributed by atoms with van der Waals surface area (Å²) in [6.45, 7) is 1.16. The number of nitrogens with zero attached hydrogens (tertiary/aromatic N) is 1. The van der Waals surface area contributed by atoms with Gasteiger partial charge in [0.05, 0.1) is 0 Å². The Hall–Kier alpha value is -1.28. The number of aryl methyl sites for hydroxylation is 1.